The fourth-order valence-corrected chi connectivity index (χ4v) is 1.87. The minimum Gasteiger partial charge on any atom is -0.394 e. The first-order chi connectivity index (χ1) is 8.45. The molecule has 0 bridgehead atoms. The summed E-state index contributed by atoms with van der Waals surface area (Å²) in [6.45, 7) is 8.05. The van der Waals surface area contributed by atoms with E-state index in [0.29, 0.717) is 11.7 Å². The lowest BCUT2D eigenvalue weighted by atomic mass is 10.0. The second kappa shape index (κ2) is 6.54. The summed E-state index contributed by atoms with van der Waals surface area (Å²) >= 11 is 0. The third-order valence-corrected chi connectivity index (χ3v) is 2.74. The van der Waals surface area contributed by atoms with Gasteiger partial charge in [0, 0.05) is 18.4 Å². The summed E-state index contributed by atoms with van der Waals surface area (Å²) < 4.78 is 1.62. The molecule has 1 heterocycles. The van der Waals surface area contributed by atoms with Crippen LogP contribution < -0.4 is 10.9 Å². The molecule has 0 aliphatic heterocycles. The number of aliphatic hydroxyl groups excluding tert-OH is 1. The molecule has 0 fully saturated rings. The zero-order chi connectivity index (χ0) is 13.7. The maximum absolute atomic E-state index is 12.1. The molecule has 0 aromatic carbocycles. The minimum absolute atomic E-state index is 0.00409. The van der Waals surface area contributed by atoms with Gasteiger partial charge in [0.15, 0.2) is 5.82 Å². The van der Waals surface area contributed by atoms with E-state index in [1.54, 1.807) is 17.0 Å². The predicted octanol–water partition coefficient (Wildman–Crippen LogP) is 1.64. The molecule has 0 radical (unpaired) electrons. The number of aliphatic hydroxyl groups is 1. The Balaban J connectivity index is 2.90. The van der Waals surface area contributed by atoms with Gasteiger partial charge < -0.3 is 15.0 Å². The van der Waals surface area contributed by atoms with Gasteiger partial charge in [-0.2, -0.15) is 0 Å². The molecule has 1 unspecified atom stereocenters. The van der Waals surface area contributed by atoms with Gasteiger partial charge in [0.1, 0.15) is 0 Å². The predicted molar refractivity (Wildman–Crippen MR) is 72.8 cm³/mol. The Bertz CT molecular complexity index is 426. The first-order valence-corrected chi connectivity index (χ1v) is 6.40. The Kier molecular flexibility index (Phi) is 5.34. The molecular formula is C13H23N3O2. The molecule has 18 heavy (non-hydrogen) atoms. The fraction of sp³-hybridized carbons (Fsp3) is 0.692. The van der Waals surface area contributed by atoms with Crippen molar-refractivity contribution in [1.82, 2.24) is 9.55 Å². The summed E-state index contributed by atoms with van der Waals surface area (Å²) in [7, 11) is 0. The third-order valence-electron chi connectivity index (χ3n) is 2.74. The van der Waals surface area contributed by atoms with Gasteiger partial charge in [-0.1, -0.05) is 13.8 Å². The number of nitrogens with zero attached hydrogens (tertiary/aromatic N) is 2. The Hall–Kier alpha value is -1.36. The smallest absolute Gasteiger partial charge is 0.293 e. The van der Waals surface area contributed by atoms with Crippen LogP contribution in [-0.2, 0) is 0 Å². The van der Waals surface area contributed by atoms with E-state index in [9.17, 15) is 9.90 Å². The lowest BCUT2D eigenvalue weighted by Gasteiger charge is -2.19. The van der Waals surface area contributed by atoms with E-state index in [1.165, 1.54) is 0 Å². The summed E-state index contributed by atoms with van der Waals surface area (Å²) in [6, 6.07) is -0.0352. The first kappa shape index (κ1) is 14.7. The van der Waals surface area contributed by atoms with Crippen LogP contribution in [-0.4, -0.2) is 27.3 Å². The van der Waals surface area contributed by atoms with Crippen LogP contribution in [0, 0.1) is 5.92 Å². The first-order valence-electron chi connectivity index (χ1n) is 6.40. The third kappa shape index (κ3) is 3.84. The van der Waals surface area contributed by atoms with Crippen molar-refractivity contribution in [3.63, 3.8) is 0 Å². The van der Waals surface area contributed by atoms with E-state index >= 15 is 0 Å². The second-order valence-electron chi connectivity index (χ2n) is 5.24. The normalized spacial score (nSPS) is 13.1. The highest BCUT2D eigenvalue weighted by atomic mass is 16.3. The van der Waals surface area contributed by atoms with E-state index in [-0.39, 0.29) is 24.2 Å². The molecule has 0 saturated carbocycles. The van der Waals surface area contributed by atoms with Gasteiger partial charge in [-0.25, -0.2) is 4.98 Å². The van der Waals surface area contributed by atoms with Crippen molar-refractivity contribution in [2.24, 2.45) is 5.92 Å². The summed E-state index contributed by atoms with van der Waals surface area (Å²) in [4.78, 5) is 16.2. The van der Waals surface area contributed by atoms with Gasteiger partial charge in [-0.05, 0) is 26.2 Å². The van der Waals surface area contributed by atoms with Crippen molar-refractivity contribution >= 4 is 5.82 Å². The average Bonchev–Trinajstić information content (AvgIpc) is 2.29. The van der Waals surface area contributed by atoms with Crippen LogP contribution in [0.3, 0.4) is 0 Å². The highest BCUT2D eigenvalue weighted by molar-refractivity contribution is 5.32. The molecule has 102 valence electrons. The molecule has 2 N–H and O–H groups in total. The molecule has 1 aromatic heterocycles. The molecular weight excluding hydrogens is 230 g/mol. The van der Waals surface area contributed by atoms with Crippen LogP contribution in [0.1, 0.15) is 40.2 Å². The minimum atomic E-state index is -0.144. The van der Waals surface area contributed by atoms with E-state index < -0.39 is 0 Å². The maximum Gasteiger partial charge on any atom is 0.293 e. The second-order valence-corrected chi connectivity index (χ2v) is 5.24. The van der Waals surface area contributed by atoms with Crippen LogP contribution >= 0.6 is 0 Å². The zero-order valence-corrected chi connectivity index (χ0v) is 11.6. The Morgan fingerprint density at radius 3 is 2.56 bits per heavy atom. The molecule has 0 spiro atoms. The molecule has 5 nitrogen and oxygen atoms in total. The van der Waals surface area contributed by atoms with Crippen molar-refractivity contribution in [1.29, 1.82) is 0 Å². The quantitative estimate of drug-likeness (QED) is 0.809. The standard InChI is InChI=1S/C13H23N3O2/c1-9(2)7-11(8-17)15-12-13(18)16(10(3)4)6-5-14-12/h5-6,9-11,17H,7-8H2,1-4H3,(H,14,15). The molecule has 1 atom stereocenters. The van der Waals surface area contributed by atoms with Gasteiger partial charge in [-0.3, -0.25) is 4.79 Å². The van der Waals surface area contributed by atoms with Gasteiger partial charge >= 0.3 is 0 Å². The van der Waals surface area contributed by atoms with Crippen molar-refractivity contribution in [3.05, 3.63) is 22.7 Å². The highest BCUT2D eigenvalue weighted by Gasteiger charge is 2.13. The fourth-order valence-electron chi connectivity index (χ4n) is 1.87. The average molecular weight is 253 g/mol. The van der Waals surface area contributed by atoms with Gasteiger partial charge in [-0.15, -0.1) is 0 Å². The van der Waals surface area contributed by atoms with Crippen molar-refractivity contribution < 1.29 is 5.11 Å². The largest absolute Gasteiger partial charge is 0.394 e. The van der Waals surface area contributed by atoms with E-state index in [2.05, 4.69) is 24.1 Å². The lowest BCUT2D eigenvalue weighted by molar-refractivity contribution is 0.259. The van der Waals surface area contributed by atoms with E-state index in [0.717, 1.165) is 6.42 Å². The van der Waals surface area contributed by atoms with Gasteiger partial charge in [0.2, 0.25) is 0 Å². The molecule has 0 aliphatic carbocycles. The summed E-state index contributed by atoms with van der Waals surface area (Å²) in [5.41, 5.74) is -0.144. The Labute approximate surface area is 108 Å². The molecule has 0 aliphatic rings. The lowest BCUT2D eigenvalue weighted by Crippen LogP contribution is -2.32. The Morgan fingerprint density at radius 2 is 2.06 bits per heavy atom. The topological polar surface area (TPSA) is 67.2 Å². The number of hydrogen-bond donors (Lipinski definition) is 2. The van der Waals surface area contributed by atoms with Crippen molar-refractivity contribution in [2.75, 3.05) is 11.9 Å². The highest BCUT2D eigenvalue weighted by Crippen LogP contribution is 2.09. The number of rotatable bonds is 6. The summed E-state index contributed by atoms with van der Waals surface area (Å²) in [5, 5.41) is 12.3. The summed E-state index contributed by atoms with van der Waals surface area (Å²) in [6.07, 6.45) is 4.08. The van der Waals surface area contributed by atoms with E-state index in [1.807, 2.05) is 13.8 Å². The molecule has 1 rings (SSSR count). The number of anilines is 1. The number of hydrogen-bond acceptors (Lipinski definition) is 4. The number of nitrogens with one attached hydrogen (secondary N) is 1. The van der Waals surface area contributed by atoms with Crippen LogP contribution in [0.5, 0.6) is 0 Å². The zero-order valence-electron chi connectivity index (χ0n) is 11.6. The van der Waals surface area contributed by atoms with Crippen LogP contribution in [0.15, 0.2) is 17.2 Å². The van der Waals surface area contributed by atoms with E-state index in [4.69, 9.17) is 0 Å². The van der Waals surface area contributed by atoms with Crippen LogP contribution in [0.4, 0.5) is 5.82 Å². The van der Waals surface area contributed by atoms with Crippen LogP contribution in [0.25, 0.3) is 0 Å². The monoisotopic (exact) mass is 253 g/mol. The SMILES string of the molecule is CC(C)CC(CO)Nc1nccn(C(C)C)c1=O. The van der Waals surface area contributed by atoms with Crippen LogP contribution in [0.2, 0.25) is 0 Å². The molecule has 0 amide bonds. The van der Waals surface area contributed by atoms with Crippen molar-refractivity contribution in [2.45, 2.75) is 46.2 Å². The Morgan fingerprint density at radius 1 is 1.39 bits per heavy atom. The van der Waals surface area contributed by atoms with Gasteiger partial charge in [0.25, 0.3) is 5.56 Å². The molecule has 0 saturated heterocycles. The van der Waals surface area contributed by atoms with Crippen molar-refractivity contribution in [3.8, 4) is 0 Å². The maximum atomic E-state index is 12.1. The van der Waals surface area contributed by atoms with Gasteiger partial charge in [0.05, 0.1) is 12.6 Å². The molecule has 5 heteroatoms. The molecule has 1 aromatic rings. The number of aromatic nitrogens is 2. The summed E-state index contributed by atoms with van der Waals surface area (Å²) in [5.74, 6) is 0.761.